The quantitative estimate of drug-likeness (QED) is 0.853. The summed E-state index contributed by atoms with van der Waals surface area (Å²) >= 11 is 0. The number of amides is 1. The van der Waals surface area contributed by atoms with Gasteiger partial charge in [0.05, 0.1) is 12.6 Å². The molecular weight excluding hydrogens is 242 g/mol. The van der Waals surface area contributed by atoms with Gasteiger partial charge in [0.25, 0.3) is 0 Å². The molecule has 1 saturated heterocycles. The van der Waals surface area contributed by atoms with Gasteiger partial charge in [-0.15, -0.1) is 10.2 Å². The van der Waals surface area contributed by atoms with Crippen LogP contribution in [0.25, 0.3) is 0 Å². The number of aryl methyl sites for hydroxylation is 1. The Morgan fingerprint density at radius 1 is 1.42 bits per heavy atom. The molecule has 19 heavy (non-hydrogen) atoms. The van der Waals surface area contributed by atoms with Gasteiger partial charge in [-0.1, -0.05) is 6.42 Å². The molecule has 0 bridgehead atoms. The van der Waals surface area contributed by atoms with Gasteiger partial charge in [-0.25, -0.2) is 0 Å². The summed E-state index contributed by atoms with van der Waals surface area (Å²) in [6.07, 6.45) is 5.40. The standard InChI is InChI=1S/C13H21N5O/c1-17(13(19)10-5-2-3-7-14-10)9-12-16-15-11-6-4-8-18(11)12/h10,14H,2-9H2,1H3/t10-/m1/s1. The van der Waals surface area contributed by atoms with Crippen molar-refractivity contribution >= 4 is 5.91 Å². The third-order valence-corrected chi connectivity index (χ3v) is 4.05. The number of likely N-dealkylation sites (N-methyl/N-ethyl adjacent to an activating group) is 1. The largest absolute Gasteiger partial charge is 0.337 e. The van der Waals surface area contributed by atoms with E-state index in [1.54, 1.807) is 4.90 Å². The lowest BCUT2D eigenvalue weighted by atomic mass is 10.0. The number of fused-ring (bicyclic) bond motifs is 1. The first-order valence-electron chi connectivity index (χ1n) is 7.15. The molecule has 2 aliphatic heterocycles. The zero-order valence-corrected chi connectivity index (χ0v) is 11.4. The summed E-state index contributed by atoms with van der Waals surface area (Å²) < 4.78 is 2.15. The van der Waals surface area contributed by atoms with Crippen molar-refractivity contribution in [1.29, 1.82) is 0 Å². The SMILES string of the molecule is CN(Cc1nnc2n1CCC2)C(=O)[C@H]1CCCCN1. The van der Waals surface area contributed by atoms with Crippen molar-refractivity contribution in [2.75, 3.05) is 13.6 Å². The lowest BCUT2D eigenvalue weighted by Crippen LogP contribution is -2.47. The van der Waals surface area contributed by atoms with E-state index in [1.165, 1.54) is 6.42 Å². The number of nitrogens with one attached hydrogen (secondary N) is 1. The minimum absolute atomic E-state index is 0.0141. The monoisotopic (exact) mass is 263 g/mol. The highest BCUT2D eigenvalue weighted by Gasteiger charge is 2.25. The van der Waals surface area contributed by atoms with Gasteiger partial charge < -0.3 is 14.8 Å². The molecule has 6 heteroatoms. The molecule has 3 rings (SSSR count). The average molecular weight is 263 g/mol. The number of piperidine rings is 1. The number of carbonyl (C=O) groups is 1. The molecular formula is C13H21N5O. The van der Waals surface area contributed by atoms with Crippen molar-refractivity contribution in [3.63, 3.8) is 0 Å². The first kappa shape index (κ1) is 12.6. The second-order valence-corrected chi connectivity index (χ2v) is 5.48. The average Bonchev–Trinajstić information content (AvgIpc) is 3.04. The molecule has 0 radical (unpaired) electrons. The molecule has 0 spiro atoms. The van der Waals surface area contributed by atoms with Crippen LogP contribution in [0.1, 0.15) is 37.3 Å². The second-order valence-electron chi connectivity index (χ2n) is 5.48. The van der Waals surface area contributed by atoms with Crippen LogP contribution >= 0.6 is 0 Å². The highest BCUT2D eigenvalue weighted by molar-refractivity contribution is 5.81. The predicted octanol–water partition coefficient (Wildman–Crippen LogP) is 0.325. The number of nitrogens with zero attached hydrogens (tertiary/aromatic N) is 4. The molecule has 1 N–H and O–H groups in total. The second kappa shape index (κ2) is 5.28. The van der Waals surface area contributed by atoms with E-state index in [-0.39, 0.29) is 11.9 Å². The Hall–Kier alpha value is -1.43. The molecule has 6 nitrogen and oxygen atoms in total. The molecule has 0 saturated carbocycles. The molecule has 0 aliphatic carbocycles. The molecule has 1 fully saturated rings. The summed E-state index contributed by atoms with van der Waals surface area (Å²) in [5.74, 6) is 2.15. The Labute approximate surface area is 113 Å². The van der Waals surface area contributed by atoms with E-state index in [0.29, 0.717) is 6.54 Å². The maximum atomic E-state index is 12.3. The van der Waals surface area contributed by atoms with E-state index in [1.807, 2.05) is 7.05 Å². The molecule has 1 aromatic rings. The number of hydrogen-bond acceptors (Lipinski definition) is 4. The van der Waals surface area contributed by atoms with Crippen molar-refractivity contribution in [3.8, 4) is 0 Å². The van der Waals surface area contributed by atoms with Gasteiger partial charge >= 0.3 is 0 Å². The van der Waals surface area contributed by atoms with Gasteiger partial charge in [0.1, 0.15) is 5.82 Å². The van der Waals surface area contributed by atoms with Crippen molar-refractivity contribution in [1.82, 2.24) is 25.0 Å². The van der Waals surface area contributed by atoms with Crippen molar-refractivity contribution in [2.45, 2.75) is 51.2 Å². The molecule has 1 aromatic heterocycles. The first-order valence-corrected chi connectivity index (χ1v) is 7.15. The number of hydrogen-bond donors (Lipinski definition) is 1. The van der Waals surface area contributed by atoms with Gasteiger partial charge in [0.15, 0.2) is 5.82 Å². The summed E-state index contributed by atoms with van der Waals surface area (Å²) in [5.41, 5.74) is 0. The third kappa shape index (κ3) is 2.49. The lowest BCUT2D eigenvalue weighted by molar-refractivity contribution is -0.133. The van der Waals surface area contributed by atoms with Crippen LogP contribution in [0, 0.1) is 0 Å². The van der Waals surface area contributed by atoms with Gasteiger partial charge in [-0.2, -0.15) is 0 Å². The van der Waals surface area contributed by atoms with Crippen molar-refractivity contribution < 1.29 is 4.79 Å². The highest BCUT2D eigenvalue weighted by atomic mass is 16.2. The van der Waals surface area contributed by atoms with E-state index in [2.05, 4.69) is 20.1 Å². The Bertz CT molecular complexity index is 464. The molecule has 1 atom stereocenters. The predicted molar refractivity (Wildman–Crippen MR) is 70.5 cm³/mol. The third-order valence-electron chi connectivity index (χ3n) is 4.05. The van der Waals surface area contributed by atoms with E-state index < -0.39 is 0 Å². The summed E-state index contributed by atoms with van der Waals surface area (Å²) in [5, 5.41) is 11.7. The Kier molecular flexibility index (Phi) is 3.50. The van der Waals surface area contributed by atoms with E-state index in [4.69, 9.17) is 0 Å². The minimum Gasteiger partial charge on any atom is -0.337 e. The topological polar surface area (TPSA) is 63.1 Å². The van der Waals surface area contributed by atoms with Crippen molar-refractivity contribution in [3.05, 3.63) is 11.6 Å². The maximum absolute atomic E-state index is 12.3. The van der Waals surface area contributed by atoms with Crippen LogP contribution in [-0.4, -0.2) is 45.2 Å². The highest BCUT2D eigenvalue weighted by Crippen LogP contribution is 2.16. The van der Waals surface area contributed by atoms with E-state index >= 15 is 0 Å². The fourth-order valence-electron chi connectivity index (χ4n) is 2.95. The normalized spacial score (nSPS) is 22.3. The van der Waals surface area contributed by atoms with Gasteiger partial charge in [0.2, 0.25) is 5.91 Å². The van der Waals surface area contributed by atoms with Crippen molar-refractivity contribution in [2.24, 2.45) is 0 Å². The maximum Gasteiger partial charge on any atom is 0.239 e. The zero-order valence-electron chi connectivity index (χ0n) is 11.4. The number of rotatable bonds is 3. The number of carbonyl (C=O) groups excluding carboxylic acids is 1. The molecule has 1 amide bonds. The fourth-order valence-corrected chi connectivity index (χ4v) is 2.95. The van der Waals surface area contributed by atoms with Gasteiger partial charge in [-0.05, 0) is 25.8 Å². The van der Waals surface area contributed by atoms with Crippen LogP contribution in [0.3, 0.4) is 0 Å². The van der Waals surface area contributed by atoms with Gasteiger partial charge in [-0.3, -0.25) is 4.79 Å². The minimum atomic E-state index is -0.0141. The van der Waals surface area contributed by atoms with E-state index in [9.17, 15) is 4.79 Å². The summed E-state index contributed by atoms with van der Waals surface area (Å²) in [6.45, 7) is 2.50. The lowest BCUT2D eigenvalue weighted by Gasteiger charge is -2.27. The van der Waals surface area contributed by atoms with Gasteiger partial charge in [0, 0.05) is 20.0 Å². The first-order chi connectivity index (χ1) is 9.25. The fraction of sp³-hybridized carbons (Fsp3) is 0.769. The van der Waals surface area contributed by atoms with E-state index in [0.717, 1.165) is 50.4 Å². The molecule has 0 unspecified atom stereocenters. The van der Waals surface area contributed by atoms with Crippen LogP contribution in [0.15, 0.2) is 0 Å². The summed E-state index contributed by atoms with van der Waals surface area (Å²) in [4.78, 5) is 14.1. The van der Waals surface area contributed by atoms with Crippen LogP contribution in [0.4, 0.5) is 0 Å². The molecule has 2 aliphatic rings. The molecule has 104 valence electrons. The smallest absolute Gasteiger partial charge is 0.239 e. The zero-order chi connectivity index (χ0) is 13.2. The van der Waals surface area contributed by atoms with Crippen LogP contribution in [-0.2, 0) is 24.3 Å². The Balaban J connectivity index is 1.63. The van der Waals surface area contributed by atoms with Crippen LogP contribution < -0.4 is 5.32 Å². The Morgan fingerprint density at radius 2 is 2.32 bits per heavy atom. The Morgan fingerprint density at radius 3 is 3.11 bits per heavy atom. The summed E-state index contributed by atoms with van der Waals surface area (Å²) in [6, 6.07) is -0.0141. The molecule has 0 aromatic carbocycles. The molecule has 3 heterocycles. The number of aromatic nitrogens is 3. The van der Waals surface area contributed by atoms with Crippen LogP contribution in [0.2, 0.25) is 0 Å². The van der Waals surface area contributed by atoms with Crippen LogP contribution in [0.5, 0.6) is 0 Å². The summed E-state index contributed by atoms with van der Waals surface area (Å²) in [7, 11) is 1.86.